The normalized spacial score (nSPS) is 13.7. The molecule has 1 N–H and O–H groups in total. The zero-order valence-electron chi connectivity index (χ0n) is 17.1. The van der Waals surface area contributed by atoms with E-state index in [0.29, 0.717) is 39.1 Å². The van der Waals surface area contributed by atoms with Gasteiger partial charge in [-0.3, -0.25) is 19.2 Å². The Labute approximate surface area is 171 Å². The molecule has 0 aromatic heterocycles. The van der Waals surface area contributed by atoms with Crippen LogP contribution in [0.2, 0.25) is 0 Å². The molecule has 0 unspecified atom stereocenters. The fourth-order valence-electron chi connectivity index (χ4n) is 3.13. The maximum absolute atomic E-state index is 12.2. The van der Waals surface area contributed by atoms with Crippen LogP contribution in [0.4, 0.5) is 0 Å². The van der Waals surface area contributed by atoms with Crippen molar-refractivity contribution in [1.82, 2.24) is 15.1 Å². The zero-order valence-corrected chi connectivity index (χ0v) is 17.1. The van der Waals surface area contributed by atoms with Crippen LogP contribution in [0, 0.1) is 6.92 Å². The molecule has 1 saturated heterocycles. The largest absolute Gasteiger partial charge is 0.456 e. The fraction of sp³-hybridized carbons (Fsp3) is 0.524. The van der Waals surface area contributed by atoms with Crippen LogP contribution in [0.15, 0.2) is 24.3 Å². The van der Waals surface area contributed by atoms with Crippen molar-refractivity contribution < 1.29 is 23.9 Å². The first-order valence-electron chi connectivity index (χ1n) is 9.87. The highest BCUT2D eigenvalue weighted by Crippen LogP contribution is 2.07. The van der Waals surface area contributed by atoms with E-state index < -0.39 is 5.97 Å². The summed E-state index contributed by atoms with van der Waals surface area (Å²) in [5.74, 6) is -1.08. The van der Waals surface area contributed by atoms with Gasteiger partial charge in [0.2, 0.25) is 11.8 Å². The molecule has 0 bridgehead atoms. The second-order valence-corrected chi connectivity index (χ2v) is 7.07. The molecule has 1 heterocycles. The minimum Gasteiger partial charge on any atom is -0.456 e. The summed E-state index contributed by atoms with van der Waals surface area (Å²) < 4.78 is 4.94. The summed E-state index contributed by atoms with van der Waals surface area (Å²) in [4.78, 5) is 50.4. The van der Waals surface area contributed by atoms with Gasteiger partial charge < -0.3 is 19.9 Å². The van der Waals surface area contributed by atoms with Crippen LogP contribution in [-0.2, 0) is 30.3 Å². The zero-order chi connectivity index (χ0) is 21.2. The van der Waals surface area contributed by atoms with Crippen molar-refractivity contribution in [3.63, 3.8) is 0 Å². The lowest BCUT2D eigenvalue weighted by Crippen LogP contribution is -2.50. The number of nitrogens with zero attached hydrogens (tertiary/aromatic N) is 2. The SMILES string of the molecule is CC(=O)N1CCN(C(=O)CCC(=O)OCC(=O)NCCc2ccccc2C)CC1. The average Bonchev–Trinajstić information content (AvgIpc) is 2.72. The number of rotatable bonds is 8. The highest BCUT2D eigenvalue weighted by molar-refractivity contribution is 5.84. The number of carbonyl (C=O) groups excluding carboxylic acids is 4. The van der Waals surface area contributed by atoms with Crippen molar-refractivity contribution in [3.8, 4) is 0 Å². The molecular weight excluding hydrogens is 374 g/mol. The molecule has 8 heteroatoms. The number of ether oxygens (including phenoxy) is 1. The Balaban J connectivity index is 1.58. The average molecular weight is 403 g/mol. The highest BCUT2D eigenvalue weighted by atomic mass is 16.5. The van der Waals surface area contributed by atoms with Crippen molar-refractivity contribution in [3.05, 3.63) is 35.4 Å². The maximum Gasteiger partial charge on any atom is 0.306 e. The van der Waals surface area contributed by atoms with Gasteiger partial charge in [-0.1, -0.05) is 24.3 Å². The van der Waals surface area contributed by atoms with E-state index in [2.05, 4.69) is 5.32 Å². The molecule has 1 aliphatic rings. The molecule has 1 fully saturated rings. The number of aryl methyl sites for hydroxylation is 1. The van der Waals surface area contributed by atoms with Crippen LogP contribution in [0.3, 0.4) is 0 Å². The molecule has 0 spiro atoms. The minimum atomic E-state index is -0.574. The molecule has 0 radical (unpaired) electrons. The van der Waals surface area contributed by atoms with Crippen LogP contribution in [0.1, 0.15) is 30.9 Å². The van der Waals surface area contributed by atoms with Gasteiger partial charge in [0.25, 0.3) is 5.91 Å². The summed E-state index contributed by atoms with van der Waals surface area (Å²) in [5.41, 5.74) is 2.33. The van der Waals surface area contributed by atoms with E-state index in [1.54, 1.807) is 9.80 Å². The summed E-state index contributed by atoms with van der Waals surface area (Å²) in [6.45, 7) is 5.59. The molecule has 8 nitrogen and oxygen atoms in total. The Hall–Kier alpha value is -2.90. The molecule has 0 atom stereocenters. The first-order valence-corrected chi connectivity index (χ1v) is 9.87. The molecule has 1 aromatic rings. The number of hydrogen-bond donors (Lipinski definition) is 1. The van der Waals surface area contributed by atoms with Crippen molar-refractivity contribution >= 4 is 23.7 Å². The summed E-state index contributed by atoms with van der Waals surface area (Å²) in [6, 6.07) is 7.95. The van der Waals surface area contributed by atoms with Crippen molar-refractivity contribution in [2.24, 2.45) is 0 Å². The van der Waals surface area contributed by atoms with Gasteiger partial charge in [-0.05, 0) is 24.5 Å². The topological polar surface area (TPSA) is 96.0 Å². The lowest BCUT2D eigenvalue weighted by Gasteiger charge is -2.34. The summed E-state index contributed by atoms with van der Waals surface area (Å²) in [7, 11) is 0. The van der Waals surface area contributed by atoms with E-state index in [4.69, 9.17) is 4.74 Å². The predicted molar refractivity (Wildman–Crippen MR) is 107 cm³/mol. The van der Waals surface area contributed by atoms with Crippen LogP contribution < -0.4 is 5.32 Å². The van der Waals surface area contributed by atoms with Gasteiger partial charge in [0.15, 0.2) is 6.61 Å². The summed E-state index contributed by atoms with van der Waals surface area (Å²) in [6.07, 6.45) is 0.674. The number of carbonyl (C=O) groups is 4. The molecule has 3 amide bonds. The third-order valence-corrected chi connectivity index (χ3v) is 4.96. The maximum atomic E-state index is 12.2. The second kappa shape index (κ2) is 11.2. The van der Waals surface area contributed by atoms with Crippen molar-refractivity contribution in [1.29, 1.82) is 0 Å². The van der Waals surface area contributed by atoms with E-state index >= 15 is 0 Å². The van der Waals surface area contributed by atoms with Gasteiger partial charge in [-0.15, -0.1) is 0 Å². The summed E-state index contributed by atoms with van der Waals surface area (Å²) >= 11 is 0. The Morgan fingerprint density at radius 2 is 1.66 bits per heavy atom. The highest BCUT2D eigenvalue weighted by Gasteiger charge is 2.22. The number of amides is 3. The molecule has 0 aliphatic carbocycles. The number of esters is 1. The quantitative estimate of drug-likeness (QED) is 0.644. The van der Waals surface area contributed by atoms with E-state index in [0.717, 1.165) is 5.56 Å². The minimum absolute atomic E-state index is 0.00198. The van der Waals surface area contributed by atoms with Crippen molar-refractivity contribution in [2.45, 2.75) is 33.1 Å². The molecule has 1 aliphatic heterocycles. The second-order valence-electron chi connectivity index (χ2n) is 7.07. The first-order chi connectivity index (χ1) is 13.9. The number of piperazine rings is 1. The van der Waals surface area contributed by atoms with Gasteiger partial charge in [0.05, 0.1) is 6.42 Å². The Kier molecular flexibility index (Phi) is 8.64. The van der Waals surface area contributed by atoms with Gasteiger partial charge in [-0.25, -0.2) is 0 Å². The third-order valence-electron chi connectivity index (χ3n) is 4.96. The van der Waals surface area contributed by atoms with Crippen LogP contribution >= 0.6 is 0 Å². The lowest BCUT2D eigenvalue weighted by molar-refractivity contribution is -0.150. The van der Waals surface area contributed by atoms with E-state index in [1.807, 2.05) is 31.2 Å². The van der Waals surface area contributed by atoms with Gasteiger partial charge in [-0.2, -0.15) is 0 Å². The van der Waals surface area contributed by atoms with Gasteiger partial charge >= 0.3 is 5.97 Å². The number of nitrogens with one attached hydrogen (secondary N) is 1. The standard InChI is InChI=1S/C21H29N3O5/c1-16-5-3-4-6-18(16)9-10-22-19(26)15-29-21(28)8-7-20(27)24-13-11-23(12-14-24)17(2)25/h3-6H,7-15H2,1-2H3,(H,22,26). The van der Waals surface area contributed by atoms with Gasteiger partial charge in [0, 0.05) is 46.1 Å². The Morgan fingerprint density at radius 3 is 2.31 bits per heavy atom. The number of benzene rings is 1. The van der Waals surface area contributed by atoms with Crippen LogP contribution in [0.25, 0.3) is 0 Å². The third kappa shape index (κ3) is 7.56. The van der Waals surface area contributed by atoms with E-state index in [1.165, 1.54) is 12.5 Å². The fourth-order valence-corrected chi connectivity index (χ4v) is 3.13. The van der Waals surface area contributed by atoms with Crippen LogP contribution in [-0.4, -0.2) is 72.8 Å². The lowest BCUT2D eigenvalue weighted by atomic mass is 10.1. The van der Waals surface area contributed by atoms with E-state index in [9.17, 15) is 19.2 Å². The molecule has 1 aromatic carbocycles. The molecule has 158 valence electrons. The Morgan fingerprint density at radius 1 is 1.00 bits per heavy atom. The molecule has 2 rings (SSSR count). The Bertz CT molecular complexity index is 742. The first kappa shape index (κ1) is 22.4. The summed E-state index contributed by atoms with van der Waals surface area (Å²) in [5, 5.41) is 2.72. The number of hydrogen-bond acceptors (Lipinski definition) is 5. The van der Waals surface area contributed by atoms with Crippen molar-refractivity contribution in [2.75, 3.05) is 39.3 Å². The monoisotopic (exact) mass is 403 g/mol. The van der Waals surface area contributed by atoms with E-state index in [-0.39, 0.29) is 37.2 Å². The van der Waals surface area contributed by atoms with Crippen LogP contribution in [0.5, 0.6) is 0 Å². The predicted octanol–water partition coefficient (Wildman–Crippen LogP) is 0.668. The van der Waals surface area contributed by atoms with Gasteiger partial charge in [0.1, 0.15) is 0 Å². The molecule has 0 saturated carbocycles. The molecule has 29 heavy (non-hydrogen) atoms. The smallest absolute Gasteiger partial charge is 0.306 e. The molecular formula is C21H29N3O5.